The first-order valence-corrected chi connectivity index (χ1v) is 4.97. The average Bonchev–Trinajstić information content (AvgIpc) is 2.60. The maximum atomic E-state index is 10.8. The molecule has 0 bridgehead atoms. The minimum Gasteiger partial charge on any atom is -0.481 e. The number of benzene rings is 1. The lowest BCUT2D eigenvalue weighted by atomic mass is 10.1. The molecule has 5 heteroatoms. The van der Waals surface area contributed by atoms with Gasteiger partial charge in [-0.3, -0.25) is 9.59 Å². The van der Waals surface area contributed by atoms with Gasteiger partial charge in [-0.25, -0.2) is 4.79 Å². The zero-order valence-corrected chi connectivity index (χ0v) is 9.30. The Kier molecular flexibility index (Phi) is 4.39. The number of carboxylic acid groups (broad SMARTS) is 1. The van der Waals surface area contributed by atoms with Gasteiger partial charge in [-0.2, -0.15) is 0 Å². The second-order valence-electron chi connectivity index (χ2n) is 3.51. The van der Waals surface area contributed by atoms with E-state index in [0.717, 1.165) is 5.56 Å². The number of esters is 1. The Labute approximate surface area is 98.0 Å². The molecular formula is C12H12O5. The smallest absolute Gasteiger partial charge is 0.338 e. The molecule has 17 heavy (non-hydrogen) atoms. The van der Waals surface area contributed by atoms with Crippen molar-refractivity contribution in [3.8, 4) is 0 Å². The molecule has 0 unspecified atom stereocenters. The van der Waals surface area contributed by atoms with Crippen LogP contribution in [0.5, 0.6) is 0 Å². The molecule has 0 radical (unpaired) electrons. The summed E-state index contributed by atoms with van der Waals surface area (Å²) in [6.07, 6.45) is -0.361. The fraction of sp³-hybridized carbons (Fsp3) is 0.250. The van der Waals surface area contributed by atoms with Crippen LogP contribution in [0.15, 0.2) is 24.3 Å². The summed E-state index contributed by atoms with van der Waals surface area (Å²) in [5.41, 5.74) is 1.70. The molecule has 0 atom stereocenters. The zero-order valence-electron chi connectivity index (χ0n) is 9.30. The van der Waals surface area contributed by atoms with Crippen molar-refractivity contribution in [2.75, 3.05) is 0 Å². The van der Waals surface area contributed by atoms with Crippen LogP contribution >= 0.6 is 0 Å². The Balaban J connectivity index is 0.000000185. The molecule has 0 fully saturated rings. The first kappa shape index (κ1) is 12.9. The third-order valence-electron chi connectivity index (χ3n) is 2.00. The molecule has 0 aliphatic carbocycles. The molecule has 0 saturated carbocycles. The number of fused-ring (bicyclic) bond motifs is 1. The van der Waals surface area contributed by atoms with E-state index in [1.54, 1.807) is 6.07 Å². The van der Waals surface area contributed by atoms with Crippen LogP contribution in [0.25, 0.3) is 0 Å². The zero-order chi connectivity index (χ0) is 12.8. The number of ether oxygens (including phenoxy) is 1. The Bertz CT molecular complexity index is 438. The third kappa shape index (κ3) is 4.06. The second-order valence-corrected chi connectivity index (χ2v) is 3.51. The van der Waals surface area contributed by atoms with Crippen LogP contribution in [0.3, 0.4) is 0 Å². The van der Waals surface area contributed by atoms with E-state index in [4.69, 9.17) is 9.84 Å². The maximum Gasteiger partial charge on any atom is 0.338 e. The molecule has 1 aliphatic rings. The van der Waals surface area contributed by atoms with E-state index in [2.05, 4.69) is 0 Å². The van der Waals surface area contributed by atoms with Gasteiger partial charge in [0.15, 0.2) is 0 Å². The van der Waals surface area contributed by atoms with Crippen molar-refractivity contribution in [2.24, 2.45) is 0 Å². The highest BCUT2D eigenvalue weighted by Gasteiger charge is 2.18. The normalized spacial score (nSPS) is 11.9. The molecule has 0 amide bonds. The number of Topliss-reactive ketones (excluding diaryl/α,β-unsaturated/α-hetero) is 1. The van der Waals surface area contributed by atoms with Crippen molar-refractivity contribution in [2.45, 2.75) is 20.0 Å². The highest BCUT2D eigenvalue weighted by atomic mass is 16.5. The lowest BCUT2D eigenvalue weighted by Crippen LogP contribution is -2.00. The lowest BCUT2D eigenvalue weighted by Gasteiger charge is -1.87. The van der Waals surface area contributed by atoms with Crippen molar-refractivity contribution in [3.63, 3.8) is 0 Å². The molecule has 1 aromatic rings. The van der Waals surface area contributed by atoms with Gasteiger partial charge in [0, 0.05) is 5.56 Å². The van der Waals surface area contributed by atoms with Gasteiger partial charge in [0.2, 0.25) is 0 Å². The van der Waals surface area contributed by atoms with Gasteiger partial charge in [0.1, 0.15) is 18.8 Å². The van der Waals surface area contributed by atoms with Crippen LogP contribution in [-0.2, 0) is 20.9 Å². The van der Waals surface area contributed by atoms with Gasteiger partial charge in [0.25, 0.3) is 0 Å². The number of aliphatic carboxylic acids is 1. The Hall–Kier alpha value is -2.17. The summed E-state index contributed by atoms with van der Waals surface area (Å²) in [5, 5.41) is 7.86. The van der Waals surface area contributed by atoms with E-state index in [9.17, 15) is 14.4 Å². The predicted octanol–water partition coefficient (Wildman–Crippen LogP) is 1.41. The van der Waals surface area contributed by atoms with Gasteiger partial charge in [-0.1, -0.05) is 18.2 Å². The second kappa shape index (κ2) is 5.79. The molecule has 1 N–H and O–H groups in total. The first-order valence-electron chi connectivity index (χ1n) is 4.97. The fourth-order valence-corrected chi connectivity index (χ4v) is 1.28. The van der Waals surface area contributed by atoms with E-state index in [1.807, 2.05) is 18.2 Å². The molecule has 1 aromatic carbocycles. The van der Waals surface area contributed by atoms with Crippen LogP contribution in [-0.4, -0.2) is 22.8 Å². The standard InChI is InChI=1S/C8H6O2.C4H6O3/c9-8-7-4-2-1-3-6(7)5-10-8;1-3(5)2-4(6)7/h1-4H,5H2;2H2,1H3,(H,6,7). The quantitative estimate of drug-likeness (QED) is 0.620. The summed E-state index contributed by atoms with van der Waals surface area (Å²) in [5.74, 6) is -1.57. The van der Waals surface area contributed by atoms with Gasteiger partial charge < -0.3 is 9.84 Å². The maximum absolute atomic E-state index is 10.8. The lowest BCUT2D eigenvalue weighted by molar-refractivity contribution is -0.139. The van der Waals surface area contributed by atoms with Gasteiger partial charge in [-0.05, 0) is 13.0 Å². The van der Waals surface area contributed by atoms with Gasteiger partial charge >= 0.3 is 11.9 Å². The topological polar surface area (TPSA) is 80.7 Å². The summed E-state index contributed by atoms with van der Waals surface area (Å²) >= 11 is 0. The fourth-order valence-electron chi connectivity index (χ4n) is 1.28. The summed E-state index contributed by atoms with van der Waals surface area (Å²) in [4.78, 5) is 30.3. The molecule has 1 heterocycles. The number of hydrogen-bond acceptors (Lipinski definition) is 4. The van der Waals surface area contributed by atoms with Crippen LogP contribution in [0.1, 0.15) is 29.3 Å². The van der Waals surface area contributed by atoms with E-state index in [1.165, 1.54) is 6.92 Å². The highest BCUT2D eigenvalue weighted by Crippen LogP contribution is 2.17. The van der Waals surface area contributed by atoms with E-state index in [0.29, 0.717) is 12.2 Å². The van der Waals surface area contributed by atoms with Crippen LogP contribution in [0, 0.1) is 0 Å². The third-order valence-corrected chi connectivity index (χ3v) is 2.00. The molecular weight excluding hydrogens is 224 g/mol. The Morgan fingerprint density at radius 2 is 2.00 bits per heavy atom. The minimum atomic E-state index is -1.06. The number of carboxylic acids is 1. The molecule has 2 rings (SSSR count). The summed E-state index contributed by atoms with van der Waals surface area (Å²) in [6, 6.07) is 7.43. The Morgan fingerprint density at radius 3 is 2.47 bits per heavy atom. The monoisotopic (exact) mass is 236 g/mol. The van der Waals surface area contributed by atoms with E-state index >= 15 is 0 Å². The van der Waals surface area contributed by atoms with Gasteiger partial charge in [-0.15, -0.1) is 0 Å². The number of carbonyl (C=O) groups is 3. The van der Waals surface area contributed by atoms with E-state index < -0.39 is 5.97 Å². The van der Waals surface area contributed by atoms with Crippen molar-refractivity contribution in [3.05, 3.63) is 35.4 Å². The number of rotatable bonds is 2. The number of cyclic esters (lactones) is 1. The molecule has 0 aromatic heterocycles. The molecule has 0 spiro atoms. The highest BCUT2D eigenvalue weighted by molar-refractivity contribution is 5.93. The molecule has 90 valence electrons. The molecule has 5 nitrogen and oxygen atoms in total. The summed E-state index contributed by atoms with van der Waals surface area (Å²) in [7, 11) is 0. The number of hydrogen-bond donors (Lipinski definition) is 1. The first-order chi connectivity index (χ1) is 8.00. The summed E-state index contributed by atoms with van der Waals surface area (Å²) in [6.45, 7) is 1.68. The average molecular weight is 236 g/mol. The van der Waals surface area contributed by atoms with Crippen molar-refractivity contribution < 1.29 is 24.2 Å². The van der Waals surface area contributed by atoms with Gasteiger partial charge in [0.05, 0.1) is 5.56 Å². The number of ketones is 1. The largest absolute Gasteiger partial charge is 0.481 e. The van der Waals surface area contributed by atoms with Crippen molar-refractivity contribution >= 4 is 17.7 Å². The van der Waals surface area contributed by atoms with Crippen molar-refractivity contribution in [1.29, 1.82) is 0 Å². The van der Waals surface area contributed by atoms with Crippen LogP contribution in [0.4, 0.5) is 0 Å². The summed E-state index contributed by atoms with van der Waals surface area (Å²) < 4.78 is 4.78. The Morgan fingerprint density at radius 1 is 1.35 bits per heavy atom. The van der Waals surface area contributed by atoms with E-state index in [-0.39, 0.29) is 18.2 Å². The predicted molar refractivity (Wildman–Crippen MR) is 58.5 cm³/mol. The molecule has 1 aliphatic heterocycles. The number of carbonyl (C=O) groups excluding carboxylic acids is 2. The molecule has 0 saturated heterocycles. The van der Waals surface area contributed by atoms with Crippen molar-refractivity contribution in [1.82, 2.24) is 0 Å². The minimum absolute atomic E-state index is 0.199. The van der Waals surface area contributed by atoms with Crippen LogP contribution in [0.2, 0.25) is 0 Å². The van der Waals surface area contributed by atoms with Crippen LogP contribution < -0.4 is 0 Å². The SMILES string of the molecule is CC(=O)CC(=O)O.O=C1OCc2ccccc21.